The molecule has 0 saturated heterocycles. The van der Waals surface area contributed by atoms with Gasteiger partial charge in [0.15, 0.2) is 5.78 Å². The van der Waals surface area contributed by atoms with Gasteiger partial charge in [-0.1, -0.05) is 30.8 Å². The lowest BCUT2D eigenvalue weighted by Gasteiger charge is -2.05. The maximum absolute atomic E-state index is 11.6. The minimum atomic E-state index is -0.0712. The smallest absolute Gasteiger partial charge is 0.271 e. The summed E-state index contributed by atoms with van der Waals surface area (Å²) in [5.74, 6) is 0.826. The Morgan fingerprint density at radius 3 is 2.73 bits per heavy atom. The first kappa shape index (κ1) is 15.7. The van der Waals surface area contributed by atoms with Gasteiger partial charge < -0.3 is 4.85 Å². The molecule has 6 heteroatoms. The van der Waals surface area contributed by atoms with Crippen LogP contribution in [-0.4, -0.2) is 25.5 Å². The van der Waals surface area contributed by atoms with Gasteiger partial charge in [-0.2, -0.15) is 9.78 Å². The molecule has 4 aromatic rings. The molecule has 0 aliphatic rings. The van der Waals surface area contributed by atoms with Gasteiger partial charge in [0.2, 0.25) is 5.82 Å². The zero-order valence-electron chi connectivity index (χ0n) is 13.9. The lowest BCUT2D eigenvalue weighted by atomic mass is 10.1. The third-order valence-corrected chi connectivity index (χ3v) is 4.03. The molecule has 1 aromatic carbocycles. The van der Waals surface area contributed by atoms with Crippen LogP contribution in [0.15, 0.2) is 60.8 Å². The van der Waals surface area contributed by atoms with Crippen molar-refractivity contribution in [2.24, 2.45) is 0 Å². The van der Waals surface area contributed by atoms with Crippen molar-refractivity contribution in [3.8, 4) is 17.1 Å². The lowest BCUT2D eigenvalue weighted by molar-refractivity contribution is 0.101. The zero-order chi connectivity index (χ0) is 18.1. The highest BCUT2D eigenvalue weighted by Crippen LogP contribution is 2.25. The summed E-state index contributed by atoms with van der Waals surface area (Å²) in [4.78, 5) is 23.7. The van der Waals surface area contributed by atoms with Gasteiger partial charge in [-0.05, 0) is 24.3 Å². The summed E-state index contributed by atoms with van der Waals surface area (Å²) in [6.07, 6.45) is 1.75. The summed E-state index contributed by atoms with van der Waals surface area (Å²) in [7, 11) is 0. The van der Waals surface area contributed by atoms with Crippen LogP contribution in [0, 0.1) is 6.57 Å². The Kier molecular flexibility index (Phi) is 3.75. The van der Waals surface area contributed by atoms with Crippen molar-refractivity contribution < 1.29 is 4.79 Å². The van der Waals surface area contributed by atoms with Crippen molar-refractivity contribution >= 4 is 22.5 Å². The fourth-order valence-electron chi connectivity index (χ4n) is 2.74. The van der Waals surface area contributed by atoms with Crippen molar-refractivity contribution in [1.29, 1.82) is 0 Å². The molecule has 0 radical (unpaired) electrons. The SMILES string of the molecule is [C-]#[N+]c1cccc(-n2ncc3ccc(-c4cccc(C(C)=O)n4)cc32)n1. The van der Waals surface area contributed by atoms with Crippen LogP contribution >= 0.6 is 0 Å². The minimum absolute atomic E-state index is 0.0712. The highest BCUT2D eigenvalue weighted by molar-refractivity contribution is 5.93. The van der Waals surface area contributed by atoms with Gasteiger partial charge in [0.25, 0.3) is 5.82 Å². The first-order chi connectivity index (χ1) is 12.7. The Morgan fingerprint density at radius 2 is 1.92 bits per heavy atom. The van der Waals surface area contributed by atoms with Gasteiger partial charge in [0.1, 0.15) is 5.69 Å². The van der Waals surface area contributed by atoms with E-state index in [9.17, 15) is 4.79 Å². The maximum atomic E-state index is 11.6. The van der Waals surface area contributed by atoms with E-state index in [2.05, 4.69) is 19.9 Å². The molecule has 0 aliphatic carbocycles. The van der Waals surface area contributed by atoms with Gasteiger partial charge in [0.05, 0.1) is 17.4 Å². The van der Waals surface area contributed by atoms with E-state index in [1.807, 2.05) is 36.4 Å². The minimum Gasteiger partial charge on any atom is -0.361 e. The molecule has 0 amide bonds. The number of hydrogen-bond acceptors (Lipinski definition) is 4. The summed E-state index contributed by atoms with van der Waals surface area (Å²) in [6, 6.07) is 16.5. The van der Waals surface area contributed by atoms with Crippen LogP contribution < -0.4 is 0 Å². The van der Waals surface area contributed by atoms with Gasteiger partial charge >= 0.3 is 0 Å². The topological polar surface area (TPSA) is 65.0 Å². The predicted octanol–water partition coefficient (Wildman–Crippen LogP) is 4.24. The number of hydrogen-bond donors (Lipinski definition) is 0. The number of carbonyl (C=O) groups is 1. The molecular weight excluding hydrogens is 326 g/mol. The number of benzene rings is 1. The number of carbonyl (C=O) groups excluding carboxylic acids is 1. The second-order valence-electron chi connectivity index (χ2n) is 5.76. The fraction of sp³-hybridized carbons (Fsp3) is 0.0500. The fourth-order valence-corrected chi connectivity index (χ4v) is 2.74. The molecule has 0 atom stereocenters. The molecule has 3 aromatic heterocycles. The number of rotatable bonds is 3. The van der Waals surface area contributed by atoms with E-state index in [1.54, 1.807) is 29.1 Å². The van der Waals surface area contributed by atoms with Crippen LogP contribution in [0.5, 0.6) is 0 Å². The molecule has 0 unspecified atom stereocenters. The third kappa shape index (κ3) is 2.72. The first-order valence-electron chi connectivity index (χ1n) is 7.97. The molecule has 0 spiro atoms. The average Bonchev–Trinajstić information content (AvgIpc) is 3.11. The first-order valence-corrected chi connectivity index (χ1v) is 7.97. The molecule has 6 nitrogen and oxygen atoms in total. The monoisotopic (exact) mass is 339 g/mol. The largest absolute Gasteiger partial charge is 0.361 e. The van der Waals surface area contributed by atoms with E-state index in [0.717, 1.165) is 22.2 Å². The zero-order valence-corrected chi connectivity index (χ0v) is 13.9. The quantitative estimate of drug-likeness (QED) is 0.414. The van der Waals surface area contributed by atoms with Crippen LogP contribution in [0.3, 0.4) is 0 Å². The van der Waals surface area contributed by atoms with Crippen molar-refractivity contribution in [2.45, 2.75) is 6.92 Å². The van der Waals surface area contributed by atoms with E-state index in [1.165, 1.54) is 6.92 Å². The Labute approximate surface area is 149 Å². The van der Waals surface area contributed by atoms with Crippen LogP contribution in [0.1, 0.15) is 17.4 Å². The summed E-state index contributed by atoms with van der Waals surface area (Å²) in [6.45, 7) is 8.63. The van der Waals surface area contributed by atoms with E-state index in [-0.39, 0.29) is 5.78 Å². The highest BCUT2D eigenvalue weighted by Gasteiger charge is 2.12. The molecule has 0 bridgehead atoms. The van der Waals surface area contributed by atoms with Crippen molar-refractivity contribution in [3.63, 3.8) is 0 Å². The van der Waals surface area contributed by atoms with Crippen molar-refractivity contribution in [3.05, 3.63) is 77.9 Å². The standard InChI is InChI=1S/C20H13N5O/c1-13(26)16-5-3-6-17(23-16)14-9-10-15-12-22-25(18(15)11-14)20-8-4-7-19(21-2)24-20/h3-12H,1H3. The maximum Gasteiger partial charge on any atom is 0.271 e. The number of nitrogens with zero attached hydrogens (tertiary/aromatic N) is 5. The van der Waals surface area contributed by atoms with Gasteiger partial charge in [-0.25, -0.2) is 4.98 Å². The Hall–Kier alpha value is -3.85. The molecule has 0 aliphatic heterocycles. The summed E-state index contributed by atoms with van der Waals surface area (Å²) in [5.41, 5.74) is 2.88. The molecule has 0 saturated carbocycles. The predicted molar refractivity (Wildman–Crippen MR) is 98.4 cm³/mol. The van der Waals surface area contributed by atoms with Crippen LogP contribution in [0.25, 0.3) is 32.8 Å². The van der Waals surface area contributed by atoms with Gasteiger partial charge in [-0.15, -0.1) is 4.98 Å². The van der Waals surface area contributed by atoms with Crippen molar-refractivity contribution in [2.75, 3.05) is 0 Å². The number of ketones is 1. The number of pyridine rings is 2. The van der Waals surface area contributed by atoms with Gasteiger partial charge in [-0.3, -0.25) is 4.79 Å². The highest BCUT2D eigenvalue weighted by atomic mass is 16.1. The Balaban J connectivity index is 1.86. The van der Waals surface area contributed by atoms with Crippen molar-refractivity contribution in [1.82, 2.24) is 19.7 Å². The lowest BCUT2D eigenvalue weighted by Crippen LogP contribution is -1.99. The third-order valence-electron chi connectivity index (χ3n) is 4.03. The number of aromatic nitrogens is 4. The Morgan fingerprint density at radius 1 is 1.08 bits per heavy atom. The number of Topliss-reactive ketones (excluding diaryl/α,β-unsaturated/α-hetero) is 1. The summed E-state index contributed by atoms with van der Waals surface area (Å²) >= 11 is 0. The van der Waals surface area contributed by atoms with Crippen LogP contribution in [0.4, 0.5) is 5.82 Å². The van der Waals surface area contributed by atoms with E-state index >= 15 is 0 Å². The molecular formula is C20H13N5O. The van der Waals surface area contributed by atoms with E-state index < -0.39 is 0 Å². The van der Waals surface area contributed by atoms with Gasteiger partial charge in [0, 0.05) is 23.9 Å². The average molecular weight is 339 g/mol. The van der Waals surface area contributed by atoms with Crippen LogP contribution in [-0.2, 0) is 0 Å². The molecule has 4 rings (SSSR count). The summed E-state index contributed by atoms with van der Waals surface area (Å²) < 4.78 is 1.70. The van der Waals surface area contributed by atoms with E-state index in [0.29, 0.717) is 17.3 Å². The molecule has 26 heavy (non-hydrogen) atoms. The molecule has 3 heterocycles. The number of fused-ring (bicyclic) bond motifs is 1. The Bertz CT molecular complexity index is 1190. The molecule has 124 valence electrons. The molecule has 0 fully saturated rings. The second kappa shape index (κ2) is 6.22. The normalized spacial score (nSPS) is 10.6. The summed E-state index contributed by atoms with van der Waals surface area (Å²) in [5, 5.41) is 5.35. The second-order valence-corrected chi connectivity index (χ2v) is 5.76. The van der Waals surface area contributed by atoms with Crippen LogP contribution in [0.2, 0.25) is 0 Å². The molecule has 0 N–H and O–H groups in total. The van der Waals surface area contributed by atoms with E-state index in [4.69, 9.17) is 6.57 Å².